The van der Waals surface area contributed by atoms with Gasteiger partial charge in [0.25, 0.3) is 0 Å². The summed E-state index contributed by atoms with van der Waals surface area (Å²) < 4.78 is 5.75. The van der Waals surface area contributed by atoms with E-state index in [9.17, 15) is 4.79 Å². The molecule has 1 saturated heterocycles. The highest BCUT2D eigenvalue weighted by Crippen LogP contribution is 2.24. The van der Waals surface area contributed by atoms with Gasteiger partial charge in [0.15, 0.2) is 5.82 Å². The van der Waals surface area contributed by atoms with Crippen molar-refractivity contribution < 1.29 is 9.53 Å². The number of hydrogen-bond donors (Lipinski definition) is 1. The quantitative estimate of drug-likeness (QED) is 0.890. The lowest BCUT2D eigenvalue weighted by molar-refractivity contribution is -0.135. The molecule has 24 heavy (non-hydrogen) atoms. The second kappa shape index (κ2) is 7.42. The summed E-state index contributed by atoms with van der Waals surface area (Å²) in [6.45, 7) is 6.26. The van der Waals surface area contributed by atoms with Gasteiger partial charge in [-0.25, -0.2) is 4.98 Å². The van der Waals surface area contributed by atoms with Gasteiger partial charge in [-0.05, 0) is 25.3 Å². The maximum Gasteiger partial charge on any atom is 0.237 e. The first-order valence-corrected chi connectivity index (χ1v) is 8.94. The zero-order valence-corrected chi connectivity index (χ0v) is 15.0. The van der Waals surface area contributed by atoms with Gasteiger partial charge in [0, 0.05) is 25.0 Å². The number of ether oxygens (including phenoxy) is 1. The number of aryl methyl sites for hydroxylation is 1. The molecule has 0 spiro atoms. The fraction of sp³-hybridized carbons (Fsp3) is 0.562. The van der Waals surface area contributed by atoms with E-state index >= 15 is 0 Å². The molecule has 8 heteroatoms. The molecule has 1 fully saturated rings. The van der Waals surface area contributed by atoms with Crippen LogP contribution >= 0.6 is 11.3 Å². The molecule has 130 valence electrons. The van der Waals surface area contributed by atoms with Crippen molar-refractivity contribution >= 4 is 17.2 Å². The number of nitrogens with zero attached hydrogens (tertiary/aromatic N) is 4. The molecule has 2 aromatic heterocycles. The van der Waals surface area contributed by atoms with Crippen LogP contribution in [0.4, 0.5) is 0 Å². The molecule has 0 bridgehead atoms. The van der Waals surface area contributed by atoms with Crippen molar-refractivity contribution in [2.45, 2.75) is 26.0 Å². The Bertz CT molecular complexity index is 672. The van der Waals surface area contributed by atoms with Crippen LogP contribution in [0, 0.1) is 6.92 Å². The molecule has 1 aliphatic heterocycles. The summed E-state index contributed by atoms with van der Waals surface area (Å²) >= 11 is 1.68. The smallest absolute Gasteiger partial charge is 0.237 e. The van der Waals surface area contributed by atoms with Crippen molar-refractivity contribution in [2.75, 3.05) is 33.3 Å². The van der Waals surface area contributed by atoms with Gasteiger partial charge in [-0.3, -0.25) is 14.8 Å². The Balaban J connectivity index is 1.57. The minimum atomic E-state index is -0.184. The number of thiophene rings is 1. The van der Waals surface area contributed by atoms with Crippen LogP contribution in [0.3, 0.4) is 0 Å². The normalized spacial score (nSPS) is 20.0. The van der Waals surface area contributed by atoms with Crippen LogP contribution in [0.2, 0.25) is 0 Å². The van der Waals surface area contributed by atoms with Crippen molar-refractivity contribution in [3.05, 3.63) is 34.0 Å². The van der Waals surface area contributed by atoms with Crippen LogP contribution in [-0.4, -0.2) is 64.2 Å². The average molecular weight is 349 g/mol. The topological polar surface area (TPSA) is 74.3 Å². The summed E-state index contributed by atoms with van der Waals surface area (Å²) in [5.41, 5.74) is 0. The van der Waals surface area contributed by atoms with Gasteiger partial charge >= 0.3 is 0 Å². The van der Waals surface area contributed by atoms with E-state index < -0.39 is 0 Å². The Morgan fingerprint density at radius 3 is 3.12 bits per heavy atom. The van der Waals surface area contributed by atoms with Crippen LogP contribution in [0.15, 0.2) is 17.5 Å². The standard InChI is InChI=1S/C16H23N5O2S/c1-11(14-5-4-8-24-14)20(3)15(22)10-21-6-7-23-13(9-21)16-17-12(2)18-19-16/h4-5,8,11,13H,6-7,9-10H2,1-3H3,(H,17,18,19)/t11-,13-/m1/s1. The van der Waals surface area contributed by atoms with Crippen molar-refractivity contribution in [1.29, 1.82) is 0 Å². The number of morpholine rings is 1. The fourth-order valence-electron chi connectivity index (χ4n) is 2.75. The van der Waals surface area contributed by atoms with E-state index in [-0.39, 0.29) is 18.1 Å². The van der Waals surface area contributed by atoms with Gasteiger partial charge in [0.05, 0.1) is 19.2 Å². The minimum Gasteiger partial charge on any atom is -0.367 e. The van der Waals surface area contributed by atoms with Gasteiger partial charge in [-0.15, -0.1) is 11.3 Å². The largest absolute Gasteiger partial charge is 0.367 e. The third kappa shape index (κ3) is 3.82. The molecule has 3 heterocycles. The zero-order valence-electron chi connectivity index (χ0n) is 14.2. The van der Waals surface area contributed by atoms with Crippen LogP contribution in [0.1, 0.15) is 35.6 Å². The molecule has 7 nitrogen and oxygen atoms in total. The lowest BCUT2D eigenvalue weighted by Crippen LogP contribution is -2.45. The van der Waals surface area contributed by atoms with E-state index in [1.165, 1.54) is 4.88 Å². The van der Waals surface area contributed by atoms with Crippen LogP contribution in [0.25, 0.3) is 0 Å². The monoisotopic (exact) mass is 349 g/mol. The molecule has 0 aliphatic carbocycles. The lowest BCUT2D eigenvalue weighted by atomic mass is 10.2. The van der Waals surface area contributed by atoms with Crippen molar-refractivity contribution in [3.63, 3.8) is 0 Å². The van der Waals surface area contributed by atoms with Crippen molar-refractivity contribution in [2.24, 2.45) is 0 Å². The zero-order chi connectivity index (χ0) is 17.1. The SMILES string of the molecule is Cc1nc([C@H]2CN(CC(=O)N(C)[C@H](C)c3cccs3)CCO2)n[nH]1. The molecule has 0 unspecified atom stereocenters. The number of rotatable bonds is 5. The number of hydrogen-bond acceptors (Lipinski definition) is 6. The molecule has 3 rings (SSSR count). The molecular weight excluding hydrogens is 326 g/mol. The number of amides is 1. The highest BCUT2D eigenvalue weighted by Gasteiger charge is 2.28. The van der Waals surface area contributed by atoms with Crippen LogP contribution in [-0.2, 0) is 9.53 Å². The predicted octanol–water partition coefficient (Wildman–Crippen LogP) is 1.77. The number of aromatic nitrogens is 3. The Morgan fingerprint density at radius 1 is 1.62 bits per heavy atom. The number of likely N-dealkylation sites (N-methyl/N-ethyl adjacent to an activating group) is 1. The van der Waals surface area contributed by atoms with Gasteiger partial charge < -0.3 is 9.64 Å². The number of nitrogens with one attached hydrogen (secondary N) is 1. The number of carbonyl (C=O) groups excluding carboxylic acids is 1. The number of aromatic amines is 1. The summed E-state index contributed by atoms with van der Waals surface area (Å²) in [6, 6.07) is 4.17. The first kappa shape index (κ1) is 17.1. The van der Waals surface area contributed by atoms with E-state index in [4.69, 9.17) is 4.74 Å². The Morgan fingerprint density at radius 2 is 2.46 bits per heavy atom. The highest BCUT2D eigenvalue weighted by atomic mass is 32.1. The molecule has 0 radical (unpaired) electrons. The minimum absolute atomic E-state index is 0.0880. The fourth-order valence-corrected chi connectivity index (χ4v) is 3.57. The van der Waals surface area contributed by atoms with Crippen molar-refractivity contribution in [1.82, 2.24) is 25.0 Å². The third-order valence-corrected chi connectivity index (χ3v) is 5.38. The molecule has 2 atom stereocenters. The third-order valence-electron chi connectivity index (χ3n) is 4.34. The van der Waals surface area contributed by atoms with Gasteiger partial charge in [0.1, 0.15) is 11.9 Å². The summed E-state index contributed by atoms with van der Waals surface area (Å²) in [4.78, 5) is 22.1. The van der Waals surface area contributed by atoms with Crippen LogP contribution < -0.4 is 0 Å². The second-order valence-corrected chi connectivity index (χ2v) is 7.05. The summed E-state index contributed by atoms with van der Waals surface area (Å²) in [5.74, 6) is 1.54. The number of carbonyl (C=O) groups is 1. The summed E-state index contributed by atoms with van der Waals surface area (Å²) in [7, 11) is 1.86. The molecule has 2 aromatic rings. The molecule has 1 N–H and O–H groups in total. The molecule has 1 aliphatic rings. The average Bonchev–Trinajstić information content (AvgIpc) is 3.25. The first-order chi connectivity index (χ1) is 11.5. The Kier molecular flexibility index (Phi) is 5.27. The Hall–Kier alpha value is -1.77. The van der Waals surface area contributed by atoms with Crippen LogP contribution in [0.5, 0.6) is 0 Å². The Labute approximate surface area is 145 Å². The summed E-state index contributed by atoms with van der Waals surface area (Å²) in [5, 5.41) is 9.04. The van der Waals surface area contributed by atoms with Crippen molar-refractivity contribution in [3.8, 4) is 0 Å². The van der Waals surface area contributed by atoms with Gasteiger partial charge in [-0.1, -0.05) is 6.07 Å². The maximum atomic E-state index is 12.6. The molecular formula is C16H23N5O2S. The van der Waals surface area contributed by atoms with E-state index in [1.54, 1.807) is 11.3 Å². The lowest BCUT2D eigenvalue weighted by Gasteiger charge is -2.33. The van der Waals surface area contributed by atoms with E-state index in [0.29, 0.717) is 25.5 Å². The molecule has 0 saturated carbocycles. The molecule has 1 amide bonds. The van der Waals surface area contributed by atoms with Gasteiger partial charge in [-0.2, -0.15) is 5.10 Å². The van der Waals surface area contributed by atoms with E-state index in [1.807, 2.05) is 30.3 Å². The molecule has 0 aromatic carbocycles. The maximum absolute atomic E-state index is 12.6. The number of H-pyrrole nitrogens is 1. The second-order valence-electron chi connectivity index (χ2n) is 6.07. The van der Waals surface area contributed by atoms with E-state index in [2.05, 4.69) is 33.1 Å². The first-order valence-electron chi connectivity index (χ1n) is 8.06. The van der Waals surface area contributed by atoms with E-state index in [0.717, 1.165) is 12.4 Å². The summed E-state index contributed by atoms with van der Waals surface area (Å²) in [6.07, 6.45) is -0.184. The predicted molar refractivity (Wildman–Crippen MR) is 91.8 cm³/mol. The highest BCUT2D eigenvalue weighted by molar-refractivity contribution is 7.10. The van der Waals surface area contributed by atoms with Gasteiger partial charge in [0.2, 0.25) is 5.91 Å².